The smallest absolute Gasteiger partial charge is 0 e. The topological polar surface area (TPSA) is 17.1 Å². The third-order valence-electron chi connectivity index (χ3n) is 0. The molecule has 0 rings (SSSR count). The van der Waals surface area contributed by atoms with Crippen LogP contribution in [-0.2, 0) is 41.5 Å². The molecule has 4 heteroatoms. The van der Waals surface area contributed by atoms with Crippen LogP contribution in [0, 0.1) is 0 Å². The van der Waals surface area contributed by atoms with Crippen molar-refractivity contribution >= 4 is 0 Å². The predicted molar refractivity (Wildman–Crippen MR) is 1.80 cm³/mol. The molecule has 0 aromatic carbocycles. The monoisotopic (exact) mass is 135 g/mol. The fourth-order valence-corrected chi connectivity index (χ4v) is 0. The Bertz CT molecular complexity index is 11.6. The van der Waals surface area contributed by atoms with Gasteiger partial charge in [-0.1, -0.05) is 0 Å². The summed E-state index contributed by atoms with van der Waals surface area (Å²) in [6.07, 6.45) is 0. The average molecular weight is 135 g/mol. The molecule has 0 fully saturated rings. The van der Waals surface area contributed by atoms with E-state index in [1.54, 1.807) is 0 Å². The minimum Gasteiger partial charge on any atom is 0 e. The predicted octanol–water partition coefficient (Wildman–Crippen LogP) is -3.01. The van der Waals surface area contributed by atoms with Crippen LogP contribution in [-0.4, -0.2) is 0 Å². The maximum atomic E-state index is 7.81. The quantitative estimate of drug-likeness (QED) is 0.324. The Kier molecular flexibility index (Phi) is 100. The molecule has 0 saturated heterocycles. The maximum absolute atomic E-state index is 7.81. The second kappa shape index (κ2) is 23.0. The van der Waals surface area contributed by atoms with Crippen LogP contribution in [0.1, 0.15) is 1.43 Å². The van der Waals surface area contributed by atoms with Gasteiger partial charge in [-0.3, -0.25) is 0 Å². The summed E-state index contributed by atoms with van der Waals surface area (Å²) in [5.41, 5.74) is 0. The van der Waals surface area contributed by atoms with Gasteiger partial charge >= 0.3 is 38.6 Å². The summed E-state index contributed by atoms with van der Waals surface area (Å²) in [4.78, 5) is 0. The van der Waals surface area contributed by atoms with Gasteiger partial charge in [-0.15, -0.1) is 0 Å². The Morgan fingerprint density at radius 2 is 1.50 bits per heavy atom. The van der Waals surface area contributed by atoms with Gasteiger partial charge in [-0.05, 0) is 0 Å². The second-order valence-corrected chi connectivity index (χ2v) is 0. The van der Waals surface area contributed by atoms with Crippen molar-refractivity contribution in [1.82, 2.24) is 0 Å². The van der Waals surface area contributed by atoms with Crippen LogP contribution in [0.25, 0.3) is 0 Å². The van der Waals surface area contributed by atoms with Gasteiger partial charge in [-0.2, -0.15) is 0 Å². The molecule has 23 valence electrons. The summed E-state index contributed by atoms with van der Waals surface area (Å²) in [6, 6.07) is 0. The van der Waals surface area contributed by atoms with Crippen LogP contribution < -0.4 is 18.9 Å². The Balaban J connectivity index is -0.00000000167. The van der Waals surface area contributed by atoms with Gasteiger partial charge in [0.25, 0.3) is 0 Å². The molecule has 0 aliphatic rings. The van der Waals surface area contributed by atoms with Gasteiger partial charge in [0.05, 0.1) is 0 Å². The Hall–Kier alpha value is 1.63. The van der Waals surface area contributed by atoms with E-state index in [2.05, 4.69) is 15.9 Å². The van der Waals surface area contributed by atoms with Gasteiger partial charge in [0.2, 0.25) is 0 Å². The molecule has 0 N–H and O–H groups in total. The van der Waals surface area contributed by atoms with E-state index >= 15 is 0 Å². The van der Waals surface area contributed by atoms with Crippen molar-refractivity contribution in [2.45, 2.75) is 0 Å². The molecule has 0 unspecified atom stereocenters. The van der Waals surface area contributed by atoms with E-state index in [0.29, 0.717) is 0 Å². The molecule has 4 heavy (non-hydrogen) atoms. The molecule has 0 aliphatic heterocycles. The van der Waals surface area contributed by atoms with Crippen molar-refractivity contribution in [3.05, 3.63) is 0 Å². The summed E-state index contributed by atoms with van der Waals surface area (Å²) in [6.45, 7) is 0. The van der Waals surface area contributed by atoms with Gasteiger partial charge in [0, 0.05) is 21.7 Å². The SMILES string of the molecule is [H-].[Li+].[O]=[Cu].[Ti]. The summed E-state index contributed by atoms with van der Waals surface area (Å²) in [5, 5.41) is 0. The van der Waals surface area contributed by atoms with Crippen molar-refractivity contribution < 1.29 is 61.8 Å². The molecule has 0 aromatic heterocycles. The second-order valence-electron chi connectivity index (χ2n) is 0. The molecule has 0 spiro atoms. The molecule has 0 amide bonds. The first kappa shape index (κ1) is 17.4. The third kappa shape index (κ3) is 9.45. The molecule has 0 radical (unpaired) electrons. The van der Waals surface area contributed by atoms with E-state index in [4.69, 9.17) is 3.83 Å². The molecule has 0 aromatic rings. The largest absolute Gasteiger partial charge is 0 e. The van der Waals surface area contributed by atoms with Gasteiger partial charge in [0.1, 0.15) is 0 Å². The zero-order chi connectivity index (χ0) is 2.00. The van der Waals surface area contributed by atoms with E-state index in [0.717, 1.165) is 0 Å². The molecule has 0 bridgehead atoms. The molecular weight excluding hydrogens is 134 g/mol. The average Bonchev–Trinajstić information content (AvgIpc) is 1.00. The van der Waals surface area contributed by atoms with E-state index in [1.807, 2.05) is 0 Å². The summed E-state index contributed by atoms with van der Waals surface area (Å²) in [7, 11) is 0. The van der Waals surface area contributed by atoms with Crippen LogP contribution in [0.2, 0.25) is 0 Å². The van der Waals surface area contributed by atoms with Crippen LogP contribution >= 0.6 is 0 Å². The first-order chi connectivity index (χ1) is 1.00. The minimum atomic E-state index is 0. The number of hydrogen-bond donors (Lipinski definition) is 0. The third-order valence-corrected chi connectivity index (χ3v) is 0. The van der Waals surface area contributed by atoms with Crippen LogP contribution in [0.15, 0.2) is 0 Å². The van der Waals surface area contributed by atoms with Gasteiger partial charge in [-0.25, -0.2) is 0 Å². The van der Waals surface area contributed by atoms with Crippen LogP contribution in [0.3, 0.4) is 0 Å². The zero-order valence-electron chi connectivity index (χ0n) is 3.21. The fraction of sp³-hybridized carbons (Fsp3) is 0. The first-order valence-corrected chi connectivity index (χ1v) is 0.508. The number of hydrogen-bond acceptors (Lipinski definition) is 1. The molecule has 0 aliphatic carbocycles. The van der Waals surface area contributed by atoms with Crippen molar-refractivity contribution in [3.63, 3.8) is 0 Å². The van der Waals surface area contributed by atoms with Gasteiger partial charge in [0.15, 0.2) is 0 Å². The fourth-order valence-electron chi connectivity index (χ4n) is 0. The van der Waals surface area contributed by atoms with Crippen LogP contribution in [0.4, 0.5) is 0 Å². The summed E-state index contributed by atoms with van der Waals surface area (Å²) >= 11 is 2.94. The Morgan fingerprint density at radius 1 is 1.50 bits per heavy atom. The molecule has 0 saturated carbocycles. The maximum Gasteiger partial charge on any atom is 0 e. The van der Waals surface area contributed by atoms with Crippen LogP contribution in [0.5, 0.6) is 0 Å². The van der Waals surface area contributed by atoms with Gasteiger partial charge < -0.3 is 1.43 Å². The summed E-state index contributed by atoms with van der Waals surface area (Å²) in [5.74, 6) is 0. The summed E-state index contributed by atoms with van der Waals surface area (Å²) < 4.78 is 7.81. The van der Waals surface area contributed by atoms with Crippen molar-refractivity contribution in [2.24, 2.45) is 0 Å². The van der Waals surface area contributed by atoms with E-state index in [1.165, 1.54) is 0 Å². The van der Waals surface area contributed by atoms with Crippen molar-refractivity contribution in [1.29, 1.82) is 0 Å². The Morgan fingerprint density at radius 3 is 1.50 bits per heavy atom. The molecular formula is HCuLiOTi. The zero-order valence-corrected chi connectivity index (χ0v) is 4.71. The first-order valence-electron chi connectivity index (χ1n) is 0.123. The molecule has 1 nitrogen and oxygen atoms in total. The molecule has 0 heterocycles. The van der Waals surface area contributed by atoms with E-state index < -0.39 is 0 Å². The minimum absolute atomic E-state index is 0. The van der Waals surface area contributed by atoms with E-state index in [9.17, 15) is 0 Å². The normalized spacial score (nSPS) is 1.50. The molecule has 0 atom stereocenters. The van der Waals surface area contributed by atoms with E-state index in [-0.39, 0.29) is 42.0 Å². The Labute approximate surface area is 61.5 Å². The van der Waals surface area contributed by atoms with Crippen molar-refractivity contribution in [3.8, 4) is 0 Å². The number of rotatable bonds is 0. The van der Waals surface area contributed by atoms with Crippen molar-refractivity contribution in [2.75, 3.05) is 0 Å². The standard InChI is InChI=1S/Cu.Li.O.Ti.H/q;+1;;;-1.